The summed E-state index contributed by atoms with van der Waals surface area (Å²) in [5, 5.41) is 2.99. The number of carbonyl (C=O) groups is 1. The second-order valence-corrected chi connectivity index (χ2v) is 8.04. The molecular formula is C24H24N2OS. The summed E-state index contributed by atoms with van der Waals surface area (Å²) in [7, 11) is 0. The van der Waals surface area contributed by atoms with Crippen LogP contribution in [0.1, 0.15) is 28.8 Å². The van der Waals surface area contributed by atoms with E-state index in [-0.39, 0.29) is 5.91 Å². The minimum atomic E-state index is -0.0730. The maximum absolute atomic E-state index is 12.5. The molecule has 0 radical (unpaired) electrons. The van der Waals surface area contributed by atoms with E-state index in [0.717, 1.165) is 24.5 Å². The maximum Gasteiger partial charge on any atom is 0.255 e. The maximum atomic E-state index is 12.5. The van der Waals surface area contributed by atoms with Crippen LogP contribution in [-0.4, -0.2) is 19.0 Å². The Morgan fingerprint density at radius 3 is 2.21 bits per heavy atom. The van der Waals surface area contributed by atoms with Crippen molar-refractivity contribution in [2.24, 2.45) is 0 Å². The monoisotopic (exact) mass is 388 g/mol. The molecule has 3 nitrogen and oxygen atoms in total. The molecule has 1 saturated heterocycles. The number of anilines is 2. The predicted molar refractivity (Wildman–Crippen MR) is 118 cm³/mol. The van der Waals surface area contributed by atoms with E-state index in [2.05, 4.69) is 34.5 Å². The summed E-state index contributed by atoms with van der Waals surface area (Å²) in [5.41, 5.74) is 3.95. The number of benzene rings is 3. The van der Waals surface area contributed by atoms with E-state index in [0.29, 0.717) is 5.56 Å². The van der Waals surface area contributed by atoms with Gasteiger partial charge >= 0.3 is 0 Å². The minimum Gasteiger partial charge on any atom is -0.372 e. The third-order valence-corrected chi connectivity index (χ3v) is 6.04. The number of hydrogen-bond acceptors (Lipinski definition) is 3. The standard InChI is InChI=1S/C24H24N2OS/c27-24(25-21-12-14-22(15-13-21)26-16-4-5-17-26)20-10-8-19(9-11-20)18-28-23-6-2-1-3-7-23/h1-3,6-15H,4-5,16-18H2,(H,25,27). The molecule has 0 unspecified atom stereocenters. The molecule has 3 aromatic carbocycles. The van der Waals surface area contributed by atoms with Crippen LogP contribution in [0.25, 0.3) is 0 Å². The second kappa shape index (κ2) is 8.98. The van der Waals surface area contributed by atoms with E-state index >= 15 is 0 Å². The lowest BCUT2D eigenvalue weighted by Gasteiger charge is -2.17. The van der Waals surface area contributed by atoms with Gasteiger partial charge in [0.2, 0.25) is 0 Å². The van der Waals surface area contributed by atoms with Gasteiger partial charge in [-0.05, 0) is 66.9 Å². The Bertz CT molecular complexity index is 902. The molecule has 28 heavy (non-hydrogen) atoms. The smallest absolute Gasteiger partial charge is 0.255 e. The molecule has 142 valence electrons. The van der Waals surface area contributed by atoms with Crippen molar-refractivity contribution in [2.45, 2.75) is 23.5 Å². The van der Waals surface area contributed by atoms with Crippen molar-refractivity contribution in [3.63, 3.8) is 0 Å². The number of nitrogens with one attached hydrogen (secondary N) is 1. The van der Waals surface area contributed by atoms with Crippen LogP contribution in [0.2, 0.25) is 0 Å². The van der Waals surface area contributed by atoms with E-state index < -0.39 is 0 Å². The zero-order chi connectivity index (χ0) is 19.2. The number of thioether (sulfide) groups is 1. The highest BCUT2D eigenvalue weighted by molar-refractivity contribution is 7.98. The molecule has 4 rings (SSSR count). The van der Waals surface area contributed by atoms with E-state index in [1.165, 1.54) is 29.0 Å². The van der Waals surface area contributed by atoms with Gasteiger partial charge in [0.05, 0.1) is 0 Å². The van der Waals surface area contributed by atoms with Gasteiger partial charge in [-0.25, -0.2) is 0 Å². The molecule has 1 N–H and O–H groups in total. The zero-order valence-corrected chi connectivity index (χ0v) is 16.6. The van der Waals surface area contributed by atoms with Crippen LogP contribution >= 0.6 is 11.8 Å². The summed E-state index contributed by atoms with van der Waals surface area (Å²) in [6.07, 6.45) is 2.52. The highest BCUT2D eigenvalue weighted by Gasteiger charge is 2.12. The summed E-state index contributed by atoms with van der Waals surface area (Å²) in [6.45, 7) is 2.25. The molecule has 1 amide bonds. The van der Waals surface area contributed by atoms with Crippen molar-refractivity contribution in [3.05, 3.63) is 90.0 Å². The topological polar surface area (TPSA) is 32.3 Å². The summed E-state index contributed by atoms with van der Waals surface area (Å²) in [6, 6.07) is 26.3. The quantitative estimate of drug-likeness (QED) is 0.539. The molecule has 1 heterocycles. The van der Waals surface area contributed by atoms with Crippen molar-refractivity contribution >= 4 is 29.0 Å². The fourth-order valence-electron chi connectivity index (χ4n) is 3.37. The van der Waals surface area contributed by atoms with Gasteiger partial charge in [-0.15, -0.1) is 11.8 Å². The number of amides is 1. The van der Waals surface area contributed by atoms with Crippen molar-refractivity contribution in [1.82, 2.24) is 0 Å². The largest absolute Gasteiger partial charge is 0.372 e. The first-order valence-electron chi connectivity index (χ1n) is 9.71. The van der Waals surface area contributed by atoms with Gasteiger partial charge < -0.3 is 10.2 Å². The Kier molecular flexibility index (Phi) is 5.98. The first-order valence-corrected chi connectivity index (χ1v) is 10.7. The SMILES string of the molecule is O=C(Nc1ccc(N2CCCC2)cc1)c1ccc(CSc2ccccc2)cc1. The van der Waals surface area contributed by atoms with Crippen LogP contribution in [0.5, 0.6) is 0 Å². The van der Waals surface area contributed by atoms with Crippen LogP contribution < -0.4 is 10.2 Å². The minimum absolute atomic E-state index is 0.0730. The average molecular weight is 389 g/mol. The number of hydrogen-bond donors (Lipinski definition) is 1. The molecule has 0 bridgehead atoms. The molecule has 0 atom stereocenters. The fourth-order valence-corrected chi connectivity index (χ4v) is 4.25. The van der Waals surface area contributed by atoms with Gasteiger partial charge in [-0.2, -0.15) is 0 Å². The molecule has 0 aliphatic carbocycles. The molecule has 1 aliphatic rings. The lowest BCUT2D eigenvalue weighted by atomic mass is 10.1. The molecule has 3 aromatic rings. The molecular weight excluding hydrogens is 364 g/mol. The van der Waals surface area contributed by atoms with Crippen molar-refractivity contribution in [1.29, 1.82) is 0 Å². The second-order valence-electron chi connectivity index (χ2n) is 6.99. The van der Waals surface area contributed by atoms with Gasteiger partial charge in [0.1, 0.15) is 0 Å². The van der Waals surface area contributed by atoms with E-state index in [9.17, 15) is 4.79 Å². The van der Waals surface area contributed by atoms with Crippen LogP contribution in [0.4, 0.5) is 11.4 Å². The van der Waals surface area contributed by atoms with Crippen molar-refractivity contribution < 1.29 is 4.79 Å². The van der Waals surface area contributed by atoms with Gasteiger partial charge in [0.25, 0.3) is 5.91 Å². The lowest BCUT2D eigenvalue weighted by Crippen LogP contribution is -2.17. The molecule has 0 spiro atoms. The summed E-state index contributed by atoms with van der Waals surface area (Å²) < 4.78 is 0. The number of nitrogens with zero attached hydrogens (tertiary/aromatic N) is 1. The number of rotatable bonds is 6. The Balaban J connectivity index is 1.33. The van der Waals surface area contributed by atoms with E-state index in [4.69, 9.17) is 0 Å². The summed E-state index contributed by atoms with van der Waals surface area (Å²) in [5.74, 6) is 0.820. The van der Waals surface area contributed by atoms with Gasteiger partial charge in [-0.3, -0.25) is 4.79 Å². The van der Waals surface area contributed by atoms with E-state index in [1.54, 1.807) is 11.8 Å². The van der Waals surface area contributed by atoms with Crippen LogP contribution in [-0.2, 0) is 5.75 Å². The van der Waals surface area contributed by atoms with Crippen molar-refractivity contribution in [2.75, 3.05) is 23.3 Å². The Morgan fingerprint density at radius 1 is 0.857 bits per heavy atom. The average Bonchev–Trinajstić information content (AvgIpc) is 3.29. The third-order valence-electron chi connectivity index (χ3n) is 4.96. The molecule has 1 aliphatic heterocycles. The Labute approximate surface area is 170 Å². The van der Waals surface area contributed by atoms with E-state index in [1.807, 2.05) is 54.6 Å². The molecule has 1 fully saturated rings. The first kappa shape index (κ1) is 18.6. The Morgan fingerprint density at radius 2 is 1.54 bits per heavy atom. The summed E-state index contributed by atoms with van der Waals surface area (Å²) >= 11 is 1.80. The lowest BCUT2D eigenvalue weighted by molar-refractivity contribution is 0.102. The third kappa shape index (κ3) is 4.76. The number of carbonyl (C=O) groups excluding carboxylic acids is 1. The normalized spacial score (nSPS) is 13.5. The molecule has 0 aromatic heterocycles. The highest BCUT2D eigenvalue weighted by Crippen LogP contribution is 2.24. The molecule has 4 heteroatoms. The van der Waals surface area contributed by atoms with Gasteiger partial charge in [0.15, 0.2) is 0 Å². The van der Waals surface area contributed by atoms with Gasteiger partial charge in [-0.1, -0.05) is 30.3 Å². The first-order chi connectivity index (χ1) is 13.8. The van der Waals surface area contributed by atoms with Crippen LogP contribution in [0, 0.1) is 0 Å². The highest BCUT2D eigenvalue weighted by atomic mass is 32.2. The molecule has 0 saturated carbocycles. The predicted octanol–water partition coefficient (Wildman–Crippen LogP) is 5.83. The Hall–Kier alpha value is -2.72. The van der Waals surface area contributed by atoms with Gasteiger partial charge in [0, 0.05) is 40.7 Å². The van der Waals surface area contributed by atoms with Crippen LogP contribution in [0.3, 0.4) is 0 Å². The summed E-state index contributed by atoms with van der Waals surface area (Å²) in [4.78, 5) is 16.2. The zero-order valence-electron chi connectivity index (χ0n) is 15.8. The van der Waals surface area contributed by atoms with Crippen LogP contribution in [0.15, 0.2) is 83.8 Å². The fraction of sp³-hybridized carbons (Fsp3) is 0.208. The van der Waals surface area contributed by atoms with Crippen molar-refractivity contribution in [3.8, 4) is 0 Å².